The van der Waals surface area contributed by atoms with Gasteiger partial charge in [0.25, 0.3) is 0 Å². The highest BCUT2D eigenvalue weighted by atomic mass is 32.1. The van der Waals surface area contributed by atoms with Crippen molar-refractivity contribution in [3.63, 3.8) is 0 Å². The SMILES string of the molecule is CCOc1ccc(NC(=S)N(C)Cc2ccc(F)cc2)cc1. The molecule has 0 atom stereocenters. The van der Waals surface area contributed by atoms with Gasteiger partial charge >= 0.3 is 0 Å². The highest BCUT2D eigenvalue weighted by Gasteiger charge is 2.06. The van der Waals surface area contributed by atoms with E-state index in [9.17, 15) is 4.39 Å². The van der Waals surface area contributed by atoms with E-state index < -0.39 is 0 Å². The van der Waals surface area contributed by atoms with E-state index in [0.717, 1.165) is 17.0 Å². The molecule has 0 saturated heterocycles. The molecule has 0 amide bonds. The summed E-state index contributed by atoms with van der Waals surface area (Å²) in [5.41, 5.74) is 1.90. The molecule has 0 aromatic heterocycles. The number of ether oxygens (including phenoxy) is 1. The van der Waals surface area contributed by atoms with E-state index in [1.54, 1.807) is 12.1 Å². The molecule has 1 N–H and O–H groups in total. The van der Waals surface area contributed by atoms with Crippen molar-refractivity contribution < 1.29 is 9.13 Å². The number of benzene rings is 2. The molecule has 0 saturated carbocycles. The van der Waals surface area contributed by atoms with E-state index in [-0.39, 0.29) is 5.82 Å². The summed E-state index contributed by atoms with van der Waals surface area (Å²) in [5.74, 6) is 0.597. The van der Waals surface area contributed by atoms with Gasteiger partial charge in [0.2, 0.25) is 0 Å². The predicted octanol–water partition coefficient (Wildman–Crippen LogP) is 4.05. The van der Waals surface area contributed by atoms with Crippen LogP contribution < -0.4 is 10.1 Å². The van der Waals surface area contributed by atoms with Gasteiger partial charge in [0, 0.05) is 19.3 Å². The summed E-state index contributed by atoms with van der Waals surface area (Å²) in [6, 6.07) is 14.0. The van der Waals surface area contributed by atoms with Gasteiger partial charge < -0.3 is 15.0 Å². The molecule has 0 aliphatic carbocycles. The Morgan fingerprint density at radius 3 is 2.36 bits per heavy atom. The molecule has 0 fully saturated rings. The van der Waals surface area contributed by atoms with Crippen LogP contribution in [0.15, 0.2) is 48.5 Å². The Morgan fingerprint density at radius 1 is 1.14 bits per heavy atom. The first kappa shape index (κ1) is 16.2. The first-order chi connectivity index (χ1) is 10.6. The Bertz CT molecular complexity index is 614. The van der Waals surface area contributed by atoms with Gasteiger partial charge in [-0.3, -0.25) is 0 Å². The van der Waals surface area contributed by atoms with E-state index >= 15 is 0 Å². The van der Waals surface area contributed by atoms with Crippen LogP contribution in [0.1, 0.15) is 12.5 Å². The first-order valence-electron chi connectivity index (χ1n) is 7.08. The summed E-state index contributed by atoms with van der Waals surface area (Å²) in [6.07, 6.45) is 0. The number of hydrogen-bond donors (Lipinski definition) is 1. The lowest BCUT2D eigenvalue weighted by Crippen LogP contribution is -2.30. The summed E-state index contributed by atoms with van der Waals surface area (Å²) in [7, 11) is 1.90. The zero-order valence-corrected chi connectivity index (χ0v) is 13.5. The van der Waals surface area contributed by atoms with Crippen LogP contribution in [-0.2, 0) is 6.54 Å². The number of halogens is 1. The first-order valence-corrected chi connectivity index (χ1v) is 7.48. The molecule has 0 unspecified atom stereocenters. The quantitative estimate of drug-likeness (QED) is 0.841. The second-order valence-corrected chi connectivity index (χ2v) is 5.26. The lowest BCUT2D eigenvalue weighted by molar-refractivity contribution is 0.340. The van der Waals surface area contributed by atoms with Gasteiger partial charge in [-0.2, -0.15) is 0 Å². The van der Waals surface area contributed by atoms with Crippen LogP contribution in [0.4, 0.5) is 10.1 Å². The van der Waals surface area contributed by atoms with Gasteiger partial charge in [0.15, 0.2) is 5.11 Å². The summed E-state index contributed by atoms with van der Waals surface area (Å²) < 4.78 is 18.3. The molecule has 0 aliphatic rings. The molecular weight excluding hydrogens is 299 g/mol. The minimum Gasteiger partial charge on any atom is -0.494 e. The maximum absolute atomic E-state index is 12.9. The average molecular weight is 318 g/mol. The smallest absolute Gasteiger partial charge is 0.173 e. The van der Waals surface area contributed by atoms with E-state index in [4.69, 9.17) is 17.0 Å². The van der Waals surface area contributed by atoms with Crippen molar-refractivity contribution in [2.24, 2.45) is 0 Å². The van der Waals surface area contributed by atoms with Gasteiger partial charge in [0.05, 0.1) is 6.61 Å². The van der Waals surface area contributed by atoms with Gasteiger partial charge in [0.1, 0.15) is 11.6 Å². The molecule has 116 valence electrons. The molecule has 5 heteroatoms. The predicted molar refractivity (Wildman–Crippen MR) is 91.7 cm³/mol. The highest BCUT2D eigenvalue weighted by Crippen LogP contribution is 2.16. The minimum atomic E-state index is -0.235. The monoisotopic (exact) mass is 318 g/mol. The van der Waals surface area contributed by atoms with Crippen molar-refractivity contribution in [2.45, 2.75) is 13.5 Å². The van der Waals surface area contributed by atoms with Crippen molar-refractivity contribution in [1.82, 2.24) is 4.90 Å². The fourth-order valence-corrected chi connectivity index (χ4v) is 2.14. The third-order valence-electron chi connectivity index (χ3n) is 3.10. The van der Waals surface area contributed by atoms with Crippen LogP contribution >= 0.6 is 12.2 Å². The molecule has 0 bridgehead atoms. The maximum atomic E-state index is 12.9. The van der Waals surface area contributed by atoms with Crippen LogP contribution in [0.5, 0.6) is 5.75 Å². The Labute approximate surface area is 135 Å². The molecule has 3 nitrogen and oxygen atoms in total. The van der Waals surface area contributed by atoms with E-state index in [1.165, 1.54) is 12.1 Å². The molecule has 0 heterocycles. The molecule has 22 heavy (non-hydrogen) atoms. The number of hydrogen-bond acceptors (Lipinski definition) is 2. The number of nitrogens with zero attached hydrogens (tertiary/aromatic N) is 1. The summed E-state index contributed by atoms with van der Waals surface area (Å²) in [4.78, 5) is 1.90. The number of thiocarbonyl (C=S) groups is 1. The number of nitrogens with one attached hydrogen (secondary N) is 1. The largest absolute Gasteiger partial charge is 0.494 e. The molecule has 2 aromatic carbocycles. The maximum Gasteiger partial charge on any atom is 0.173 e. The lowest BCUT2D eigenvalue weighted by atomic mass is 10.2. The van der Waals surface area contributed by atoms with E-state index in [2.05, 4.69) is 5.32 Å². The van der Waals surface area contributed by atoms with E-state index in [1.807, 2.05) is 43.1 Å². The molecular formula is C17H19FN2OS. The fraction of sp³-hybridized carbons (Fsp3) is 0.235. The second-order valence-electron chi connectivity index (χ2n) is 4.87. The Morgan fingerprint density at radius 2 is 1.77 bits per heavy atom. The summed E-state index contributed by atoms with van der Waals surface area (Å²) in [5, 5.41) is 3.78. The van der Waals surface area contributed by atoms with Crippen molar-refractivity contribution in [3.8, 4) is 5.75 Å². The van der Waals surface area contributed by atoms with Crippen molar-refractivity contribution in [2.75, 3.05) is 19.0 Å². The number of rotatable bonds is 5. The topological polar surface area (TPSA) is 24.5 Å². The van der Waals surface area contributed by atoms with Gasteiger partial charge in [-0.05, 0) is 61.1 Å². The molecule has 2 aromatic rings. The van der Waals surface area contributed by atoms with E-state index in [0.29, 0.717) is 18.3 Å². The van der Waals surface area contributed by atoms with Gasteiger partial charge in [-0.25, -0.2) is 4.39 Å². The Hall–Kier alpha value is -2.14. The molecule has 2 rings (SSSR count). The number of anilines is 1. The van der Waals surface area contributed by atoms with Crippen LogP contribution in [-0.4, -0.2) is 23.7 Å². The second kappa shape index (κ2) is 7.75. The van der Waals surface area contributed by atoms with Gasteiger partial charge in [-0.1, -0.05) is 12.1 Å². The van der Waals surface area contributed by atoms with Crippen molar-refractivity contribution in [1.29, 1.82) is 0 Å². The van der Waals surface area contributed by atoms with Crippen LogP contribution in [0.3, 0.4) is 0 Å². The standard InChI is InChI=1S/C17H19FN2OS/c1-3-21-16-10-8-15(9-11-16)19-17(22)20(2)12-13-4-6-14(18)7-5-13/h4-11H,3,12H2,1-2H3,(H,19,22). The van der Waals surface area contributed by atoms with Crippen LogP contribution in [0, 0.1) is 5.82 Å². The average Bonchev–Trinajstić information content (AvgIpc) is 2.51. The third-order valence-corrected chi connectivity index (χ3v) is 3.51. The van der Waals surface area contributed by atoms with Crippen molar-refractivity contribution in [3.05, 3.63) is 59.9 Å². The normalized spacial score (nSPS) is 10.1. The molecule has 0 aliphatic heterocycles. The summed E-state index contributed by atoms with van der Waals surface area (Å²) in [6.45, 7) is 3.21. The van der Waals surface area contributed by atoms with Crippen LogP contribution in [0.25, 0.3) is 0 Å². The van der Waals surface area contributed by atoms with Crippen molar-refractivity contribution >= 4 is 23.0 Å². The van der Waals surface area contributed by atoms with Gasteiger partial charge in [-0.15, -0.1) is 0 Å². The zero-order chi connectivity index (χ0) is 15.9. The fourth-order valence-electron chi connectivity index (χ4n) is 1.96. The summed E-state index contributed by atoms with van der Waals surface area (Å²) >= 11 is 5.38. The molecule has 0 spiro atoms. The molecule has 0 radical (unpaired) electrons. The zero-order valence-electron chi connectivity index (χ0n) is 12.7. The Kier molecular flexibility index (Phi) is 5.72. The Balaban J connectivity index is 1.91. The van der Waals surface area contributed by atoms with Crippen LogP contribution in [0.2, 0.25) is 0 Å². The lowest BCUT2D eigenvalue weighted by Gasteiger charge is -2.21. The highest BCUT2D eigenvalue weighted by molar-refractivity contribution is 7.80. The minimum absolute atomic E-state index is 0.235. The third kappa shape index (κ3) is 4.70.